The van der Waals surface area contributed by atoms with Crippen molar-refractivity contribution in [1.29, 1.82) is 0 Å². The van der Waals surface area contributed by atoms with Crippen LogP contribution >= 0.6 is 0 Å². The highest BCUT2D eigenvalue weighted by atomic mass is 16.3. The van der Waals surface area contributed by atoms with Crippen LogP contribution in [0.2, 0.25) is 0 Å². The average molecular weight is 439 g/mol. The maximum absolute atomic E-state index is 12.5. The minimum absolute atomic E-state index is 0.107. The summed E-state index contributed by atoms with van der Waals surface area (Å²) in [6, 6.07) is 19.0. The molecule has 5 rings (SSSR count). The predicted molar refractivity (Wildman–Crippen MR) is 123 cm³/mol. The largest absolute Gasteiger partial charge is 0.463 e. The number of anilines is 1. The third-order valence-electron chi connectivity index (χ3n) is 5.19. The summed E-state index contributed by atoms with van der Waals surface area (Å²) in [5.74, 6) is 0.557. The summed E-state index contributed by atoms with van der Waals surface area (Å²) in [5, 5.41) is 11.5. The lowest BCUT2D eigenvalue weighted by atomic mass is 10.1. The van der Waals surface area contributed by atoms with E-state index in [1.54, 1.807) is 29.1 Å². The van der Waals surface area contributed by atoms with Crippen LogP contribution in [0.15, 0.2) is 71.3 Å². The number of furan rings is 1. The molecular weight excluding hydrogens is 418 g/mol. The van der Waals surface area contributed by atoms with Crippen molar-refractivity contribution in [2.75, 3.05) is 5.73 Å². The van der Waals surface area contributed by atoms with Gasteiger partial charge >= 0.3 is 0 Å². The first kappa shape index (κ1) is 20.4. The monoisotopic (exact) mass is 439 g/mol. The van der Waals surface area contributed by atoms with Gasteiger partial charge in [-0.25, -0.2) is 9.67 Å². The molecular formula is C24H21N7O2. The van der Waals surface area contributed by atoms with Crippen LogP contribution in [0.1, 0.15) is 27.0 Å². The standard InChI is InChI=1S/C24H21N7O2/c1-15-5-2-8-18(11-15)23(32)26-13-16-6-3-7-17(12-16)14-31-22-21(29-30-31)20(27-24(25)28-22)19-9-4-10-33-19/h2-12H,13-14H2,1H3,(H,26,32)(H2,25,27,28). The van der Waals surface area contributed by atoms with E-state index in [-0.39, 0.29) is 11.9 Å². The van der Waals surface area contributed by atoms with E-state index in [0.717, 1.165) is 16.7 Å². The van der Waals surface area contributed by atoms with Gasteiger partial charge in [0, 0.05) is 12.1 Å². The fourth-order valence-corrected chi connectivity index (χ4v) is 3.65. The van der Waals surface area contributed by atoms with Gasteiger partial charge in [0.1, 0.15) is 5.69 Å². The van der Waals surface area contributed by atoms with Gasteiger partial charge < -0.3 is 15.5 Å². The zero-order chi connectivity index (χ0) is 22.8. The molecule has 3 heterocycles. The smallest absolute Gasteiger partial charge is 0.251 e. The van der Waals surface area contributed by atoms with Gasteiger partial charge in [0.25, 0.3) is 5.91 Å². The molecule has 33 heavy (non-hydrogen) atoms. The molecule has 9 heteroatoms. The van der Waals surface area contributed by atoms with E-state index in [1.165, 1.54) is 0 Å². The number of amides is 1. The first-order valence-corrected chi connectivity index (χ1v) is 10.4. The number of rotatable bonds is 6. The van der Waals surface area contributed by atoms with E-state index < -0.39 is 0 Å². The number of fused-ring (bicyclic) bond motifs is 1. The van der Waals surface area contributed by atoms with Gasteiger partial charge in [0.15, 0.2) is 16.9 Å². The third kappa shape index (κ3) is 4.29. The van der Waals surface area contributed by atoms with Crippen LogP contribution in [-0.4, -0.2) is 30.9 Å². The Morgan fingerprint density at radius 1 is 1.06 bits per heavy atom. The van der Waals surface area contributed by atoms with E-state index in [4.69, 9.17) is 10.2 Å². The normalized spacial score (nSPS) is 11.1. The molecule has 1 amide bonds. The van der Waals surface area contributed by atoms with Crippen molar-refractivity contribution in [3.8, 4) is 11.5 Å². The van der Waals surface area contributed by atoms with E-state index in [0.29, 0.717) is 41.3 Å². The Kier molecular flexibility index (Phi) is 5.27. The predicted octanol–water partition coefficient (Wildman–Crippen LogP) is 3.35. The van der Waals surface area contributed by atoms with Crippen molar-refractivity contribution in [3.63, 3.8) is 0 Å². The van der Waals surface area contributed by atoms with Crippen LogP contribution < -0.4 is 11.1 Å². The molecule has 164 valence electrons. The molecule has 0 bridgehead atoms. The number of benzene rings is 2. The number of nitrogens with one attached hydrogen (secondary N) is 1. The Balaban J connectivity index is 1.35. The maximum atomic E-state index is 12.5. The van der Waals surface area contributed by atoms with Crippen LogP contribution in [0, 0.1) is 6.92 Å². The minimum atomic E-state index is -0.107. The molecule has 3 aromatic heterocycles. The minimum Gasteiger partial charge on any atom is -0.463 e. The fraction of sp³-hybridized carbons (Fsp3) is 0.125. The second-order valence-corrected chi connectivity index (χ2v) is 7.70. The van der Waals surface area contributed by atoms with Crippen LogP contribution in [0.4, 0.5) is 5.95 Å². The summed E-state index contributed by atoms with van der Waals surface area (Å²) in [4.78, 5) is 21.0. The maximum Gasteiger partial charge on any atom is 0.251 e. The number of nitrogens with zero attached hydrogens (tertiary/aromatic N) is 5. The molecule has 0 atom stereocenters. The van der Waals surface area contributed by atoms with Crippen molar-refractivity contribution < 1.29 is 9.21 Å². The van der Waals surface area contributed by atoms with Gasteiger partial charge in [0.05, 0.1) is 12.8 Å². The van der Waals surface area contributed by atoms with Crippen molar-refractivity contribution in [2.45, 2.75) is 20.0 Å². The number of hydrogen-bond donors (Lipinski definition) is 2. The summed E-state index contributed by atoms with van der Waals surface area (Å²) < 4.78 is 7.12. The van der Waals surface area contributed by atoms with E-state index >= 15 is 0 Å². The molecule has 9 nitrogen and oxygen atoms in total. The first-order chi connectivity index (χ1) is 16.1. The number of carbonyl (C=O) groups is 1. The number of aromatic nitrogens is 5. The van der Waals surface area contributed by atoms with Gasteiger partial charge in [-0.3, -0.25) is 4.79 Å². The zero-order valence-electron chi connectivity index (χ0n) is 17.9. The molecule has 0 saturated heterocycles. The number of aryl methyl sites for hydroxylation is 1. The van der Waals surface area contributed by atoms with Crippen molar-refractivity contribution in [3.05, 3.63) is 89.2 Å². The molecule has 5 aromatic rings. The van der Waals surface area contributed by atoms with Crippen LogP contribution in [0.5, 0.6) is 0 Å². The van der Waals surface area contributed by atoms with E-state index in [2.05, 4.69) is 25.6 Å². The van der Waals surface area contributed by atoms with Crippen molar-refractivity contribution in [1.82, 2.24) is 30.3 Å². The summed E-state index contributed by atoms with van der Waals surface area (Å²) in [5.41, 5.74) is 11.1. The Morgan fingerprint density at radius 2 is 1.91 bits per heavy atom. The number of nitrogen functional groups attached to an aromatic ring is 1. The second kappa shape index (κ2) is 8.54. The zero-order valence-corrected chi connectivity index (χ0v) is 17.9. The molecule has 0 radical (unpaired) electrons. The molecule has 0 aliphatic heterocycles. The van der Waals surface area contributed by atoms with Gasteiger partial charge in [0.2, 0.25) is 5.95 Å². The molecule has 3 N–H and O–H groups in total. The van der Waals surface area contributed by atoms with Crippen LogP contribution in [0.25, 0.3) is 22.6 Å². The van der Waals surface area contributed by atoms with E-state index in [9.17, 15) is 4.79 Å². The summed E-state index contributed by atoms with van der Waals surface area (Å²) in [6.07, 6.45) is 1.56. The summed E-state index contributed by atoms with van der Waals surface area (Å²) >= 11 is 0. The van der Waals surface area contributed by atoms with Gasteiger partial charge in [-0.1, -0.05) is 47.2 Å². The second-order valence-electron chi connectivity index (χ2n) is 7.70. The Bertz CT molecular complexity index is 1440. The average Bonchev–Trinajstić information content (AvgIpc) is 3.48. The fourth-order valence-electron chi connectivity index (χ4n) is 3.65. The lowest BCUT2D eigenvalue weighted by molar-refractivity contribution is 0.0951. The molecule has 2 aromatic carbocycles. The highest BCUT2D eigenvalue weighted by molar-refractivity contribution is 5.94. The molecule has 0 unspecified atom stereocenters. The molecule has 0 aliphatic rings. The van der Waals surface area contributed by atoms with Crippen molar-refractivity contribution in [2.24, 2.45) is 0 Å². The third-order valence-corrected chi connectivity index (χ3v) is 5.19. The molecule has 0 saturated carbocycles. The Labute approximate surface area is 189 Å². The number of nitrogens with two attached hydrogens (primary N) is 1. The van der Waals surface area contributed by atoms with Crippen LogP contribution in [0.3, 0.4) is 0 Å². The van der Waals surface area contributed by atoms with Gasteiger partial charge in [-0.05, 0) is 42.3 Å². The quantitative estimate of drug-likeness (QED) is 0.416. The lowest BCUT2D eigenvalue weighted by Gasteiger charge is -2.08. The molecule has 0 spiro atoms. The number of hydrogen-bond acceptors (Lipinski definition) is 7. The molecule has 0 aliphatic carbocycles. The summed E-state index contributed by atoms with van der Waals surface area (Å²) in [6.45, 7) is 2.81. The summed E-state index contributed by atoms with van der Waals surface area (Å²) in [7, 11) is 0. The van der Waals surface area contributed by atoms with E-state index in [1.807, 2.05) is 49.4 Å². The lowest BCUT2D eigenvalue weighted by Crippen LogP contribution is -2.22. The molecule has 0 fully saturated rings. The highest BCUT2D eigenvalue weighted by Crippen LogP contribution is 2.25. The Morgan fingerprint density at radius 3 is 2.73 bits per heavy atom. The topological polar surface area (TPSA) is 125 Å². The van der Waals surface area contributed by atoms with Gasteiger partial charge in [-0.2, -0.15) is 4.98 Å². The van der Waals surface area contributed by atoms with Gasteiger partial charge in [-0.15, -0.1) is 5.10 Å². The number of carbonyl (C=O) groups excluding carboxylic acids is 1. The Hall–Kier alpha value is -4.53. The highest BCUT2D eigenvalue weighted by Gasteiger charge is 2.17. The first-order valence-electron chi connectivity index (χ1n) is 10.4. The van der Waals surface area contributed by atoms with Crippen molar-refractivity contribution >= 4 is 23.0 Å². The van der Waals surface area contributed by atoms with Crippen LogP contribution in [-0.2, 0) is 13.1 Å². The SMILES string of the molecule is Cc1cccc(C(=O)NCc2cccc(Cn3nnc4c(-c5ccco5)nc(N)nc43)c2)c1.